The van der Waals surface area contributed by atoms with Gasteiger partial charge in [-0.3, -0.25) is 0 Å². The molecule has 5 heteroatoms. The first kappa shape index (κ1) is 15.1. The number of ether oxygens (including phenoxy) is 1. The summed E-state index contributed by atoms with van der Waals surface area (Å²) in [6.07, 6.45) is 2.27. The van der Waals surface area contributed by atoms with Crippen molar-refractivity contribution in [3.05, 3.63) is 28.8 Å². The Morgan fingerprint density at radius 2 is 2.11 bits per heavy atom. The second-order valence-electron chi connectivity index (χ2n) is 4.26. The molecule has 1 aromatic carbocycles. The normalized spacial score (nSPS) is 15.6. The zero-order chi connectivity index (χ0) is 12.1. The van der Waals surface area contributed by atoms with Crippen LogP contribution in [0.15, 0.2) is 18.2 Å². The molecule has 1 aliphatic rings. The summed E-state index contributed by atoms with van der Waals surface area (Å²) in [5, 5.41) is 12.9. The molecule has 1 fully saturated rings. The van der Waals surface area contributed by atoms with Crippen molar-refractivity contribution >= 4 is 24.0 Å². The number of halogens is 2. The van der Waals surface area contributed by atoms with E-state index >= 15 is 0 Å². The van der Waals surface area contributed by atoms with Gasteiger partial charge in [0.05, 0.1) is 12.2 Å². The minimum absolute atomic E-state index is 0. The highest BCUT2D eigenvalue weighted by Crippen LogP contribution is 2.23. The molecule has 0 saturated carbocycles. The van der Waals surface area contributed by atoms with Gasteiger partial charge in [-0.05, 0) is 50.0 Å². The van der Waals surface area contributed by atoms with Gasteiger partial charge in [-0.15, -0.1) is 12.4 Å². The van der Waals surface area contributed by atoms with Crippen molar-refractivity contribution in [2.75, 3.05) is 19.7 Å². The fourth-order valence-corrected chi connectivity index (χ4v) is 2.14. The van der Waals surface area contributed by atoms with Gasteiger partial charge in [0.2, 0.25) is 0 Å². The van der Waals surface area contributed by atoms with E-state index in [4.69, 9.17) is 21.6 Å². The van der Waals surface area contributed by atoms with Gasteiger partial charge in [-0.2, -0.15) is 5.26 Å². The number of piperidine rings is 1. The van der Waals surface area contributed by atoms with E-state index in [1.165, 1.54) is 0 Å². The molecule has 3 nitrogen and oxygen atoms in total. The first-order valence-corrected chi connectivity index (χ1v) is 6.20. The van der Waals surface area contributed by atoms with Gasteiger partial charge in [0, 0.05) is 5.02 Å². The predicted molar refractivity (Wildman–Crippen MR) is 74.5 cm³/mol. The lowest BCUT2D eigenvalue weighted by atomic mass is 9.99. The Morgan fingerprint density at radius 1 is 1.39 bits per heavy atom. The van der Waals surface area contributed by atoms with Gasteiger partial charge in [-0.25, -0.2) is 0 Å². The van der Waals surface area contributed by atoms with Gasteiger partial charge in [-0.1, -0.05) is 11.6 Å². The standard InChI is InChI=1S/C13H15ClN2O.ClH/c14-12-1-2-13(11(7-12)8-15)17-9-10-3-5-16-6-4-10;/h1-2,7,10,16H,3-6,9H2;1H. The molecule has 0 bridgehead atoms. The minimum atomic E-state index is 0. The quantitative estimate of drug-likeness (QED) is 0.929. The third-order valence-electron chi connectivity index (χ3n) is 3.00. The maximum Gasteiger partial charge on any atom is 0.137 e. The zero-order valence-corrected chi connectivity index (χ0v) is 11.6. The van der Waals surface area contributed by atoms with Crippen LogP contribution < -0.4 is 10.1 Å². The van der Waals surface area contributed by atoms with Crippen molar-refractivity contribution in [3.8, 4) is 11.8 Å². The lowest BCUT2D eigenvalue weighted by Crippen LogP contribution is -2.30. The van der Waals surface area contributed by atoms with Crippen LogP contribution in [-0.2, 0) is 0 Å². The van der Waals surface area contributed by atoms with Crippen LogP contribution in [0.4, 0.5) is 0 Å². The van der Waals surface area contributed by atoms with Crippen molar-refractivity contribution in [1.29, 1.82) is 5.26 Å². The smallest absolute Gasteiger partial charge is 0.137 e. The summed E-state index contributed by atoms with van der Waals surface area (Å²) in [6, 6.07) is 7.26. The number of hydrogen-bond acceptors (Lipinski definition) is 3. The largest absolute Gasteiger partial charge is 0.492 e. The molecule has 1 aliphatic heterocycles. The first-order valence-electron chi connectivity index (χ1n) is 5.83. The first-order chi connectivity index (χ1) is 8.29. The number of nitrogens with zero attached hydrogens (tertiary/aromatic N) is 1. The molecule has 98 valence electrons. The number of rotatable bonds is 3. The van der Waals surface area contributed by atoms with Crippen molar-refractivity contribution < 1.29 is 4.74 Å². The van der Waals surface area contributed by atoms with E-state index in [-0.39, 0.29) is 12.4 Å². The predicted octanol–water partition coefficient (Wildman–Crippen LogP) is 3.01. The molecule has 1 aromatic rings. The van der Waals surface area contributed by atoms with E-state index in [0.29, 0.717) is 28.9 Å². The average Bonchev–Trinajstić information content (AvgIpc) is 2.38. The van der Waals surface area contributed by atoms with E-state index in [1.807, 2.05) is 0 Å². The third-order valence-corrected chi connectivity index (χ3v) is 3.23. The second-order valence-corrected chi connectivity index (χ2v) is 4.69. The van der Waals surface area contributed by atoms with Gasteiger partial charge in [0.25, 0.3) is 0 Å². The van der Waals surface area contributed by atoms with Crippen LogP contribution in [0.5, 0.6) is 5.75 Å². The lowest BCUT2D eigenvalue weighted by Gasteiger charge is -2.22. The molecular weight excluding hydrogens is 271 g/mol. The zero-order valence-electron chi connectivity index (χ0n) is 9.99. The van der Waals surface area contributed by atoms with Crippen molar-refractivity contribution in [2.24, 2.45) is 5.92 Å². The van der Waals surface area contributed by atoms with E-state index in [1.54, 1.807) is 18.2 Å². The molecule has 1 heterocycles. The summed E-state index contributed by atoms with van der Waals surface area (Å²) in [4.78, 5) is 0. The lowest BCUT2D eigenvalue weighted by molar-refractivity contribution is 0.215. The van der Waals surface area contributed by atoms with Crippen molar-refractivity contribution in [2.45, 2.75) is 12.8 Å². The van der Waals surface area contributed by atoms with Crippen LogP contribution in [0.2, 0.25) is 5.02 Å². The molecule has 0 spiro atoms. The van der Waals surface area contributed by atoms with E-state index < -0.39 is 0 Å². The molecule has 0 amide bonds. The number of nitriles is 1. The number of benzene rings is 1. The fraction of sp³-hybridized carbons (Fsp3) is 0.462. The Kier molecular flexibility index (Phi) is 6.28. The highest BCUT2D eigenvalue weighted by Gasteiger charge is 2.14. The molecule has 18 heavy (non-hydrogen) atoms. The Hall–Kier alpha value is -0.950. The Labute approximate surface area is 118 Å². The summed E-state index contributed by atoms with van der Waals surface area (Å²) < 4.78 is 5.71. The Morgan fingerprint density at radius 3 is 2.78 bits per heavy atom. The maximum atomic E-state index is 8.98. The van der Waals surface area contributed by atoms with Crippen LogP contribution in [0, 0.1) is 17.2 Å². The topological polar surface area (TPSA) is 45.0 Å². The van der Waals surface area contributed by atoms with Crippen molar-refractivity contribution in [1.82, 2.24) is 5.32 Å². The highest BCUT2D eigenvalue weighted by molar-refractivity contribution is 6.30. The fourth-order valence-electron chi connectivity index (χ4n) is 1.97. The van der Waals surface area contributed by atoms with Gasteiger partial charge < -0.3 is 10.1 Å². The van der Waals surface area contributed by atoms with Crippen LogP contribution in [0.3, 0.4) is 0 Å². The summed E-state index contributed by atoms with van der Waals surface area (Å²) in [5.74, 6) is 1.22. The monoisotopic (exact) mass is 286 g/mol. The molecule has 1 N–H and O–H groups in total. The van der Waals surface area contributed by atoms with E-state index in [2.05, 4.69) is 11.4 Å². The van der Waals surface area contributed by atoms with E-state index in [0.717, 1.165) is 25.9 Å². The Bertz CT molecular complexity index is 425. The molecule has 0 aliphatic carbocycles. The third kappa shape index (κ3) is 4.06. The van der Waals surface area contributed by atoms with Crippen molar-refractivity contribution in [3.63, 3.8) is 0 Å². The minimum Gasteiger partial charge on any atom is -0.492 e. The second kappa shape index (κ2) is 7.48. The number of hydrogen-bond donors (Lipinski definition) is 1. The van der Waals surface area contributed by atoms with Crippen LogP contribution in [0.25, 0.3) is 0 Å². The van der Waals surface area contributed by atoms with E-state index in [9.17, 15) is 0 Å². The number of nitrogens with one attached hydrogen (secondary N) is 1. The van der Waals surface area contributed by atoms with Crippen LogP contribution >= 0.6 is 24.0 Å². The highest BCUT2D eigenvalue weighted by atomic mass is 35.5. The summed E-state index contributed by atoms with van der Waals surface area (Å²) in [5.41, 5.74) is 0.506. The molecule has 0 atom stereocenters. The summed E-state index contributed by atoms with van der Waals surface area (Å²) in [7, 11) is 0. The summed E-state index contributed by atoms with van der Waals surface area (Å²) >= 11 is 5.83. The SMILES string of the molecule is Cl.N#Cc1cc(Cl)ccc1OCC1CCNCC1. The molecule has 1 saturated heterocycles. The van der Waals surface area contributed by atoms with Gasteiger partial charge in [0.15, 0.2) is 0 Å². The average molecular weight is 287 g/mol. The summed E-state index contributed by atoms with van der Waals surface area (Å²) in [6.45, 7) is 2.79. The van der Waals surface area contributed by atoms with Crippen LogP contribution in [-0.4, -0.2) is 19.7 Å². The van der Waals surface area contributed by atoms with Gasteiger partial charge >= 0.3 is 0 Å². The van der Waals surface area contributed by atoms with Crippen LogP contribution in [0.1, 0.15) is 18.4 Å². The molecule has 0 unspecified atom stereocenters. The molecule has 2 rings (SSSR count). The Balaban J connectivity index is 0.00000162. The maximum absolute atomic E-state index is 8.98. The van der Waals surface area contributed by atoms with Gasteiger partial charge in [0.1, 0.15) is 11.8 Å². The molecule has 0 aromatic heterocycles. The molecule has 0 radical (unpaired) electrons. The molecular formula is C13H16Cl2N2O.